The zero-order valence-corrected chi connectivity index (χ0v) is 38.4. The molecular formula is C70H44. The van der Waals surface area contributed by atoms with Gasteiger partial charge in [0.15, 0.2) is 0 Å². The Labute approximate surface area is 407 Å². The summed E-state index contributed by atoms with van der Waals surface area (Å²) in [6.45, 7) is 0. The van der Waals surface area contributed by atoms with E-state index in [-0.39, 0.29) is 0 Å². The summed E-state index contributed by atoms with van der Waals surface area (Å²) in [7, 11) is 0. The first-order valence-electron chi connectivity index (χ1n) is 24.3. The summed E-state index contributed by atoms with van der Waals surface area (Å²) >= 11 is 0. The first-order chi connectivity index (χ1) is 34.7. The summed E-state index contributed by atoms with van der Waals surface area (Å²) in [6, 6.07) is 99.0. The molecule has 0 bridgehead atoms. The van der Waals surface area contributed by atoms with E-state index in [1.165, 1.54) is 142 Å². The molecule has 0 nitrogen and oxygen atoms in total. The van der Waals surface area contributed by atoms with Crippen LogP contribution in [0.25, 0.3) is 142 Å². The molecule has 0 amide bonds. The van der Waals surface area contributed by atoms with Gasteiger partial charge >= 0.3 is 0 Å². The molecule has 0 fully saturated rings. The number of hydrogen-bond acceptors (Lipinski definition) is 0. The normalized spacial score (nSPS) is 11.7. The van der Waals surface area contributed by atoms with E-state index in [0.717, 1.165) is 0 Å². The SMILES string of the molecule is c1cc(-c2ccc3ccccc3c2)cc(-c2c3ccccc3c(-c3ccc4cc(-c5c6ccccc6c(-c6cccc(-c7ccc8ccccc8c7)c6)c6ccccc56)ccc4c3)c3ccccc23)c1. The van der Waals surface area contributed by atoms with Gasteiger partial charge in [0.05, 0.1) is 0 Å². The molecule has 14 aromatic rings. The van der Waals surface area contributed by atoms with E-state index >= 15 is 0 Å². The van der Waals surface area contributed by atoms with Gasteiger partial charge in [-0.2, -0.15) is 0 Å². The van der Waals surface area contributed by atoms with E-state index in [1.54, 1.807) is 0 Å². The summed E-state index contributed by atoms with van der Waals surface area (Å²) in [5.41, 5.74) is 14.8. The topological polar surface area (TPSA) is 0 Å². The highest BCUT2D eigenvalue weighted by molar-refractivity contribution is 6.23. The zero-order chi connectivity index (χ0) is 46.1. The van der Waals surface area contributed by atoms with E-state index in [9.17, 15) is 0 Å². The molecule has 0 heterocycles. The summed E-state index contributed by atoms with van der Waals surface area (Å²) in [6.07, 6.45) is 0. The van der Waals surface area contributed by atoms with Crippen molar-refractivity contribution in [2.75, 3.05) is 0 Å². The van der Waals surface area contributed by atoms with E-state index in [4.69, 9.17) is 0 Å². The third-order valence-corrected chi connectivity index (χ3v) is 14.7. The fraction of sp³-hybridized carbons (Fsp3) is 0. The standard InChI is InChI=1S/C70H44/c1-3-17-47-39-51(33-31-45(47)15-1)49-19-13-21-55(41-49)67-59-23-5-9-27-63(59)69(64-28-10-6-24-60(64)67)57-37-35-54-44-58(38-36-53(54)43-57)70-65-29-11-7-25-61(65)68(62-26-8-12-30-66(62)70)56-22-14-20-50(42-56)52-34-32-46-16-2-4-18-48(46)40-52/h1-44H. The molecule has 14 aromatic carbocycles. The lowest BCUT2D eigenvalue weighted by atomic mass is 9.84. The number of fused-ring (bicyclic) bond motifs is 7. The molecule has 0 saturated carbocycles. The van der Waals surface area contributed by atoms with Gasteiger partial charge in [0.1, 0.15) is 0 Å². The zero-order valence-electron chi connectivity index (χ0n) is 38.4. The van der Waals surface area contributed by atoms with Crippen LogP contribution in [-0.4, -0.2) is 0 Å². The third-order valence-electron chi connectivity index (χ3n) is 14.7. The fourth-order valence-corrected chi connectivity index (χ4v) is 11.5. The Hall–Kier alpha value is -9.10. The van der Waals surface area contributed by atoms with Gasteiger partial charge in [-0.25, -0.2) is 0 Å². The van der Waals surface area contributed by atoms with E-state index in [1.807, 2.05) is 0 Å². The summed E-state index contributed by atoms with van der Waals surface area (Å²) in [5, 5.41) is 17.5. The minimum Gasteiger partial charge on any atom is -0.0616 e. The van der Waals surface area contributed by atoms with Crippen LogP contribution in [0.15, 0.2) is 267 Å². The molecule has 0 aromatic heterocycles. The molecule has 0 heteroatoms. The maximum absolute atomic E-state index is 2.40. The molecule has 0 spiro atoms. The van der Waals surface area contributed by atoms with Crippen LogP contribution in [0, 0.1) is 0 Å². The second-order valence-electron chi connectivity index (χ2n) is 18.7. The maximum atomic E-state index is 2.40. The Morgan fingerprint density at radius 2 is 0.343 bits per heavy atom. The van der Waals surface area contributed by atoms with Crippen LogP contribution in [0.3, 0.4) is 0 Å². The third kappa shape index (κ3) is 6.61. The lowest BCUT2D eigenvalue weighted by molar-refractivity contribution is 1.62. The van der Waals surface area contributed by atoms with E-state index in [0.29, 0.717) is 0 Å². The predicted molar refractivity (Wildman–Crippen MR) is 302 cm³/mol. The Kier molecular flexibility index (Phi) is 9.32. The van der Waals surface area contributed by atoms with Crippen molar-refractivity contribution in [1.29, 1.82) is 0 Å². The molecule has 0 aliphatic rings. The molecule has 0 saturated heterocycles. The Morgan fingerprint density at radius 3 is 0.686 bits per heavy atom. The summed E-state index contributed by atoms with van der Waals surface area (Å²) in [4.78, 5) is 0. The minimum atomic E-state index is 1.22. The summed E-state index contributed by atoms with van der Waals surface area (Å²) < 4.78 is 0. The number of hydrogen-bond donors (Lipinski definition) is 0. The molecule has 14 rings (SSSR count). The average Bonchev–Trinajstić information content (AvgIpc) is 3.43. The van der Waals surface area contributed by atoms with Crippen LogP contribution in [-0.2, 0) is 0 Å². The van der Waals surface area contributed by atoms with Crippen LogP contribution in [0.2, 0.25) is 0 Å². The molecule has 0 unspecified atom stereocenters. The molecule has 70 heavy (non-hydrogen) atoms. The van der Waals surface area contributed by atoms with Crippen LogP contribution in [0.4, 0.5) is 0 Å². The van der Waals surface area contributed by atoms with Crippen LogP contribution in [0.1, 0.15) is 0 Å². The molecule has 0 atom stereocenters. The van der Waals surface area contributed by atoms with Gasteiger partial charge in [0, 0.05) is 0 Å². The highest BCUT2D eigenvalue weighted by atomic mass is 14.2. The second kappa shape index (κ2) is 16.3. The lowest BCUT2D eigenvalue weighted by Crippen LogP contribution is -1.92. The quantitative estimate of drug-likeness (QED) is 0.146. The van der Waals surface area contributed by atoms with Gasteiger partial charge in [0.25, 0.3) is 0 Å². The van der Waals surface area contributed by atoms with Crippen molar-refractivity contribution in [3.63, 3.8) is 0 Å². The average molecular weight is 885 g/mol. The van der Waals surface area contributed by atoms with Crippen LogP contribution >= 0.6 is 0 Å². The van der Waals surface area contributed by atoms with Crippen LogP contribution in [0.5, 0.6) is 0 Å². The monoisotopic (exact) mass is 884 g/mol. The highest BCUT2D eigenvalue weighted by Gasteiger charge is 2.20. The van der Waals surface area contributed by atoms with Gasteiger partial charge in [-0.15, -0.1) is 0 Å². The fourth-order valence-electron chi connectivity index (χ4n) is 11.5. The maximum Gasteiger partial charge on any atom is -0.00262 e. The molecule has 0 aliphatic heterocycles. The Bertz CT molecular complexity index is 4020. The molecule has 324 valence electrons. The lowest BCUT2D eigenvalue weighted by Gasteiger charge is -2.19. The van der Waals surface area contributed by atoms with Crippen molar-refractivity contribution in [2.24, 2.45) is 0 Å². The molecule has 0 radical (unpaired) electrons. The van der Waals surface area contributed by atoms with Crippen molar-refractivity contribution in [3.8, 4) is 66.8 Å². The highest BCUT2D eigenvalue weighted by Crippen LogP contribution is 2.47. The Balaban J connectivity index is 0.886. The van der Waals surface area contributed by atoms with E-state index in [2.05, 4.69) is 267 Å². The molecule has 0 N–H and O–H groups in total. The molecule has 0 aliphatic carbocycles. The summed E-state index contributed by atoms with van der Waals surface area (Å²) in [5.74, 6) is 0. The van der Waals surface area contributed by atoms with Gasteiger partial charge in [0.2, 0.25) is 0 Å². The van der Waals surface area contributed by atoms with Gasteiger partial charge in [-0.05, 0) is 179 Å². The van der Waals surface area contributed by atoms with Gasteiger partial charge < -0.3 is 0 Å². The first kappa shape index (κ1) is 40.0. The number of benzene rings is 14. The Morgan fingerprint density at radius 1 is 0.129 bits per heavy atom. The smallest absolute Gasteiger partial charge is 0.00262 e. The molecular weight excluding hydrogens is 841 g/mol. The first-order valence-corrected chi connectivity index (χ1v) is 24.3. The van der Waals surface area contributed by atoms with Crippen molar-refractivity contribution < 1.29 is 0 Å². The minimum absolute atomic E-state index is 1.22. The van der Waals surface area contributed by atoms with Gasteiger partial charge in [-0.1, -0.05) is 231 Å². The van der Waals surface area contributed by atoms with Crippen molar-refractivity contribution in [3.05, 3.63) is 267 Å². The predicted octanol–water partition coefficient (Wildman–Crippen LogP) is 19.8. The van der Waals surface area contributed by atoms with Gasteiger partial charge in [-0.3, -0.25) is 0 Å². The largest absolute Gasteiger partial charge is 0.0616 e. The number of rotatable bonds is 6. The van der Waals surface area contributed by atoms with Crippen LogP contribution < -0.4 is 0 Å². The van der Waals surface area contributed by atoms with Crippen molar-refractivity contribution >= 4 is 75.4 Å². The second-order valence-corrected chi connectivity index (χ2v) is 18.7. The van der Waals surface area contributed by atoms with Crippen molar-refractivity contribution in [2.45, 2.75) is 0 Å². The van der Waals surface area contributed by atoms with E-state index < -0.39 is 0 Å². The van der Waals surface area contributed by atoms with Crippen molar-refractivity contribution in [1.82, 2.24) is 0 Å².